The molecular weight excluding hydrogens is 433 g/mol. The number of halogens is 4. The number of aliphatic hydroxyl groups is 1. The van der Waals surface area contributed by atoms with Crippen LogP contribution in [0.3, 0.4) is 0 Å². The predicted molar refractivity (Wildman–Crippen MR) is 108 cm³/mol. The number of carbonyl (C=O) groups is 2. The zero-order valence-electron chi connectivity index (χ0n) is 17.2. The summed E-state index contributed by atoms with van der Waals surface area (Å²) >= 11 is 5.91. The van der Waals surface area contributed by atoms with Crippen molar-refractivity contribution in [1.82, 2.24) is 10.6 Å². The SMILES string of the molecule is CC(=O)N[C@H]1C[C@H](C(=O)NC(c2c(F)ccc(Cl)c2F)C23CCC(F)(CC2)C3)C[C@H]1O. The van der Waals surface area contributed by atoms with Crippen LogP contribution in [0.1, 0.15) is 63.5 Å². The van der Waals surface area contributed by atoms with Crippen molar-refractivity contribution in [3.05, 3.63) is 34.4 Å². The number of nitrogens with one attached hydrogen (secondary N) is 2. The highest BCUT2D eigenvalue weighted by Gasteiger charge is 2.59. The molecule has 4 rings (SSSR count). The molecule has 170 valence electrons. The van der Waals surface area contributed by atoms with Crippen LogP contribution in [0.15, 0.2) is 12.1 Å². The number of rotatable bonds is 5. The van der Waals surface area contributed by atoms with Crippen LogP contribution in [0.5, 0.6) is 0 Å². The monoisotopic (exact) mass is 458 g/mol. The zero-order valence-corrected chi connectivity index (χ0v) is 17.9. The first kappa shape index (κ1) is 22.4. The van der Waals surface area contributed by atoms with Gasteiger partial charge in [0, 0.05) is 18.4 Å². The van der Waals surface area contributed by atoms with Crippen molar-refractivity contribution in [2.24, 2.45) is 11.3 Å². The molecule has 0 aliphatic heterocycles. The lowest BCUT2D eigenvalue weighted by atomic mass is 9.74. The number of hydrogen-bond acceptors (Lipinski definition) is 3. The molecule has 3 saturated carbocycles. The van der Waals surface area contributed by atoms with Crippen molar-refractivity contribution < 1.29 is 27.9 Å². The van der Waals surface area contributed by atoms with Crippen LogP contribution in [-0.4, -0.2) is 34.7 Å². The maximum atomic E-state index is 15.0. The van der Waals surface area contributed by atoms with Crippen LogP contribution in [0.4, 0.5) is 13.2 Å². The molecule has 0 aromatic heterocycles. The number of benzene rings is 1. The van der Waals surface area contributed by atoms with Crippen molar-refractivity contribution in [1.29, 1.82) is 0 Å². The molecule has 4 atom stereocenters. The van der Waals surface area contributed by atoms with E-state index in [2.05, 4.69) is 10.6 Å². The Morgan fingerprint density at radius 1 is 1.19 bits per heavy atom. The average Bonchev–Trinajstić information content (AvgIpc) is 3.35. The largest absolute Gasteiger partial charge is 0.391 e. The van der Waals surface area contributed by atoms with E-state index in [1.807, 2.05) is 0 Å². The molecule has 0 heterocycles. The third kappa shape index (κ3) is 4.04. The van der Waals surface area contributed by atoms with E-state index in [1.54, 1.807) is 0 Å². The van der Waals surface area contributed by atoms with Crippen LogP contribution in [0.2, 0.25) is 5.02 Å². The maximum absolute atomic E-state index is 15.0. The van der Waals surface area contributed by atoms with Crippen molar-refractivity contribution in [2.75, 3.05) is 0 Å². The molecule has 2 amide bonds. The highest BCUT2D eigenvalue weighted by atomic mass is 35.5. The van der Waals surface area contributed by atoms with Gasteiger partial charge in [-0.25, -0.2) is 13.2 Å². The summed E-state index contributed by atoms with van der Waals surface area (Å²) in [5.41, 5.74) is -2.52. The van der Waals surface area contributed by atoms with Crippen molar-refractivity contribution >= 4 is 23.4 Å². The number of carbonyl (C=O) groups excluding carboxylic acids is 2. The molecule has 3 fully saturated rings. The number of fused-ring (bicyclic) bond motifs is 2. The minimum atomic E-state index is -1.38. The van der Waals surface area contributed by atoms with Gasteiger partial charge >= 0.3 is 0 Å². The van der Waals surface area contributed by atoms with Gasteiger partial charge < -0.3 is 15.7 Å². The van der Waals surface area contributed by atoms with E-state index in [1.165, 1.54) is 6.92 Å². The van der Waals surface area contributed by atoms with E-state index in [9.17, 15) is 27.9 Å². The van der Waals surface area contributed by atoms with Crippen LogP contribution in [0.25, 0.3) is 0 Å². The van der Waals surface area contributed by atoms with Crippen molar-refractivity contribution in [2.45, 2.75) is 75.7 Å². The Balaban J connectivity index is 1.63. The van der Waals surface area contributed by atoms with Gasteiger partial charge in [-0.3, -0.25) is 9.59 Å². The van der Waals surface area contributed by atoms with E-state index >= 15 is 0 Å². The molecule has 1 aromatic carbocycles. The highest BCUT2D eigenvalue weighted by Crippen LogP contribution is 2.63. The molecule has 0 spiro atoms. The second kappa shape index (κ2) is 7.96. The molecule has 0 saturated heterocycles. The number of aliphatic hydroxyl groups excluding tert-OH is 1. The molecule has 1 aromatic rings. The summed E-state index contributed by atoms with van der Waals surface area (Å²) < 4.78 is 44.7. The van der Waals surface area contributed by atoms with Gasteiger partial charge in [-0.05, 0) is 62.5 Å². The Morgan fingerprint density at radius 2 is 1.87 bits per heavy atom. The lowest BCUT2D eigenvalue weighted by molar-refractivity contribution is -0.127. The quantitative estimate of drug-likeness (QED) is 0.588. The van der Waals surface area contributed by atoms with Gasteiger partial charge in [0.05, 0.1) is 23.2 Å². The summed E-state index contributed by atoms with van der Waals surface area (Å²) in [6.45, 7) is 1.32. The fourth-order valence-electron chi connectivity index (χ4n) is 5.82. The predicted octanol–water partition coefficient (Wildman–Crippen LogP) is 3.72. The van der Waals surface area contributed by atoms with E-state index in [-0.39, 0.29) is 48.6 Å². The summed E-state index contributed by atoms with van der Waals surface area (Å²) in [6, 6.07) is 0.520. The molecule has 5 nitrogen and oxygen atoms in total. The third-order valence-electron chi connectivity index (χ3n) is 7.37. The van der Waals surface area contributed by atoms with Gasteiger partial charge in [-0.2, -0.15) is 0 Å². The number of alkyl halides is 1. The minimum Gasteiger partial charge on any atom is -0.391 e. The van der Waals surface area contributed by atoms with Gasteiger partial charge in [0.25, 0.3) is 0 Å². The normalized spacial score (nSPS) is 35.2. The topological polar surface area (TPSA) is 78.4 Å². The molecule has 1 unspecified atom stereocenters. The van der Waals surface area contributed by atoms with Crippen LogP contribution in [-0.2, 0) is 9.59 Å². The Morgan fingerprint density at radius 3 is 2.45 bits per heavy atom. The molecule has 3 aliphatic rings. The Bertz CT molecular complexity index is 904. The lowest BCUT2D eigenvalue weighted by Crippen LogP contribution is -2.42. The Hall–Kier alpha value is -1.80. The number of amides is 2. The van der Waals surface area contributed by atoms with Crippen LogP contribution >= 0.6 is 11.6 Å². The first-order valence-electron chi connectivity index (χ1n) is 10.6. The average molecular weight is 459 g/mol. The maximum Gasteiger partial charge on any atom is 0.223 e. The van der Waals surface area contributed by atoms with E-state index in [4.69, 9.17) is 11.6 Å². The molecule has 3 N–H and O–H groups in total. The summed E-state index contributed by atoms with van der Waals surface area (Å²) in [4.78, 5) is 24.4. The van der Waals surface area contributed by atoms with Gasteiger partial charge in [0.15, 0.2) is 0 Å². The van der Waals surface area contributed by atoms with Gasteiger partial charge in [0.1, 0.15) is 17.3 Å². The van der Waals surface area contributed by atoms with Crippen LogP contribution in [0, 0.1) is 23.0 Å². The molecule has 31 heavy (non-hydrogen) atoms. The fraction of sp³-hybridized carbons (Fsp3) is 0.636. The molecule has 0 radical (unpaired) electrons. The molecule has 9 heteroatoms. The van der Waals surface area contributed by atoms with E-state index in [0.717, 1.165) is 12.1 Å². The van der Waals surface area contributed by atoms with Gasteiger partial charge in [-0.1, -0.05) is 11.6 Å². The zero-order chi connectivity index (χ0) is 22.6. The fourth-order valence-corrected chi connectivity index (χ4v) is 5.98. The third-order valence-corrected chi connectivity index (χ3v) is 7.66. The second-order valence-corrected chi connectivity index (χ2v) is 9.84. The molecule has 3 aliphatic carbocycles. The summed E-state index contributed by atoms with van der Waals surface area (Å²) in [5.74, 6) is -3.23. The highest BCUT2D eigenvalue weighted by molar-refractivity contribution is 6.30. The minimum absolute atomic E-state index is 0.115. The van der Waals surface area contributed by atoms with E-state index in [0.29, 0.717) is 12.8 Å². The van der Waals surface area contributed by atoms with Gasteiger partial charge in [0.2, 0.25) is 11.8 Å². The van der Waals surface area contributed by atoms with Crippen molar-refractivity contribution in [3.63, 3.8) is 0 Å². The second-order valence-electron chi connectivity index (χ2n) is 9.43. The number of hydrogen-bond donors (Lipinski definition) is 3. The summed E-state index contributed by atoms with van der Waals surface area (Å²) in [5, 5.41) is 15.3. The standard InChI is InChI=1S/C22H26ClF3N2O3/c1-11(29)27-15-8-12(9-16(15)30)20(31)28-19(17-14(24)3-2-13(23)18(17)25)21-4-6-22(26,10-21)7-5-21/h2-3,12,15-16,19,30H,4-10H2,1H3,(H,27,29)(H,28,31)/t12-,15-,16+,19?,21?,22?/m0/s1. The first-order chi connectivity index (χ1) is 14.5. The summed E-state index contributed by atoms with van der Waals surface area (Å²) in [6.07, 6.45) is 0.935. The van der Waals surface area contributed by atoms with E-state index < -0.39 is 52.7 Å². The Labute approximate surface area is 183 Å². The first-order valence-corrected chi connectivity index (χ1v) is 11.0. The molecule has 2 bridgehead atoms. The van der Waals surface area contributed by atoms with Gasteiger partial charge in [-0.15, -0.1) is 0 Å². The van der Waals surface area contributed by atoms with Crippen molar-refractivity contribution in [3.8, 4) is 0 Å². The molecular formula is C22H26ClF3N2O3. The smallest absolute Gasteiger partial charge is 0.223 e. The van der Waals surface area contributed by atoms with Crippen LogP contribution < -0.4 is 10.6 Å². The Kier molecular flexibility index (Phi) is 5.75. The summed E-state index contributed by atoms with van der Waals surface area (Å²) in [7, 11) is 0. The lowest BCUT2D eigenvalue weighted by Gasteiger charge is -2.37.